The average Bonchev–Trinajstić information content (AvgIpc) is 3.55. The normalized spacial score (nSPS) is 13.3. The van der Waals surface area contributed by atoms with Gasteiger partial charge in [-0.1, -0.05) is 52.8 Å². The number of unbranched alkanes of at least 4 members (excludes halogenated alkanes) is 3. The van der Waals surface area contributed by atoms with Gasteiger partial charge in [0, 0.05) is 16.7 Å². The van der Waals surface area contributed by atoms with E-state index in [0.29, 0.717) is 43.0 Å². The molecule has 1 unspecified atom stereocenters. The Hall–Kier alpha value is -2.41. The zero-order chi connectivity index (χ0) is 23.5. The maximum Gasteiger partial charge on any atom is 0.333 e. The topological polar surface area (TPSA) is 91.4 Å². The third kappa shape index (κ3) is 18.9. The molecule has 0 N–H and O–H groups in total. The summed E-state index contributed by atoms with van der Waals surface area (Å²) >= 11 is 0. The van der Waals surface area contributed by atoms with Crippen molar-refractivity contribution in [2.75, 3.05) is 26.9 Å². The number of hydrogen-bond donors (Lipinski definition) is 0. The summed E-state index contributed by atoms with van der Waals surface area (Å²) in [4.78, 5) is 32.0. The van der Waals surface area contributed by atoms with E-state index in [1.54, 1.807) is 13.8 Å². The van der Waals surface area contributed by atoms with Crippen LogP contribution in [-0.2, 0) is 33.3 Å². The summed E-state index contributed by atoms with van der Waals surface area (Å²) in [5.41, 5.74) is 1.43. The molecule has 0 aliphatic carbocycles. The highest BCUT2D eigenvalue weighted by atomic mass is 16.6. The van der Waals surface area contributed by atoms with E-state index in [2.05, 4.69) is 31.4 Å². The van der Waals surface area contributed by atoms with Gasteiger partial charge in [-0.15, -0.1) is 0 Å². The van der Waals surface area contributed by atoms with Gasteiger partial charge in [-0.25, -0.2) is 14.4 Å². The second-order valence-corrected chi connectivity index (χ2v) is 6.76. The van der Waals surface area contributed by atoms with Crippen molar-refractivity contribution in [3.8, 4) is 0 Å². The molecule has 0 saturated carbocycles. The van der Waals surface area contributed by atoms with Crippen LogP contribution in [0.1, 0.15) is 59.8 Å². The molecule has 1 atom stereocenters. The number of esters is 3. The summed E-state index contributed by atoms with van der Waals surface area (Å²) < 4.78 is 18.9. The standard InChI is InChI=1S/C11H20O2.C7H10O3.C5H8O2/c1-4-6-7-8-9-13-11(12)10(3)5-2;1-5(2)7(8)10-4-6-3-9-6;1-4(2)5(6)7-3/h3-9H2,1-2H3;6H,1,3-4H2,2H3;1H2,2-3H3. The molecule has 0 amide bonds. The van der Waals surface area contributed by atoms with Crippen LogP contribution in [0, 0.1) is 0 Å². The van der Waals surface area contributed by atoms with Gasteiger partial charge in [0.25, 0.3) is 0 Å². The molecule has 7 heteroatoms. The predicted octanol–water partition coefficient (Wildman–Crippen LogP) is 4.32. The molecule has 1 heterocycles. The Bertz CT molecular complexity index is 574. The first kappa shape index (κ1) is 29.8. The smallest absolute Gasteiger partial charge is 0.333 e. The molecule has 0 spiro atoms. The van der Waals surface area contributed by atoms with E-state index in [-0.39, 0.29) is 24.0 Å². The minimum Gasteiger partial charge on any atom is -0.466 e. The van der Waals surface area contributed by atoms with Crippen molar-refractivity contribution in [2.24, 2.45) is 0 Å². The van der Waals surface area contributed by atoms with Gasteiger partial charge in [0.1, 0.15) is 12.7 Å². The number of carbonyl (C=O) groups is 3. The molecule has 1 saturated heterocycles. The van der Waals surface area contributed by atoms with Crippen molar-refractivity contribution in [2.45, 2.75) is 65.9 Å². The molecule has 30 heavy (non-hydrogen) atoms. The van der Waals surface area contributed by atoms with E-state index in [1.807, 2.05) is 6.92 Å². The van der Waals surface area contributed by atoms with Gasteiger partial charge in [-0.3, -0.25) is 0 Å². The fourth-order valence-electron chi connectivity index (χ4n) is 1.57. The molecule has 1 rings (SSSR count). The largest absolute Gasteiger partial charge is 0.466 e. The third-order valence-corrected chi connectivity index (χ3v) is 3.63. The number of ether oxygens (including phenoxy) is 4. The minimum atomic E-state index is -0.347. The zero-order valence-corrected chi connectivity index (χ0v) is 19.2. The third-order valence-electron chi connectivity index (χ3n) is 3.63. The predicted molar refractivity (Wildman–Crippen MR) is 117 cm³/mol. The second kappa shape index (κ2) is 18.6. The molecule has 1 fully saturated rings. The zero-order valence-electron chi connectivity index (χ0n) is 19.2. The van der Waals surface area contributed by atoms with Crippen molar-refractivity contribution in [3.63, 3.8) is 0 Å². The quantitative estimate of drug-likeness (QED) is 0.160. The van der Waals surface area contributed by atoms with Crippen molar-refractivity contribution in [1.29, 1.82) is 0 Å². The lowest BCUT2D eigenvalue weighted by molar-refractivity contribution is -0.140. The number of carbonyl (C=O) groups excluding carboxylic acids is 3. The van der Waals surface area contributed by atoms with Gasteiger partial charge in [-0.05, 0) is 26.7 Å². The van der Waals surface area contributed by atoms with Crippen LogP contribution in [0.5, 0.6) is 0 Å². The molecule has 0 bridgehead atoms. The van der Waals surface area contributed by atoms with E-state index in [1.165, 1.54) is 20.0 Å². The van der Waals surface area contributed by atoms with Gasteiger partial charge in [-0.2, -0.15) is 0 Å². The summed E-state index contributed by atoms with van der Waals surface area (Å²) in [5.74, 6) is -0.922. The Morgan fingerprint density at radius 2 is 1.47 bits per heavy atom. The Morgan fingerprint density at radius 3 is 1.83 bits per heavy atom. The van der Waals surface area contributed by atoms with Crippen molar-refractivity contribution in [3.05, 3.63) is 36.5 Å². The lowest BCUT2D eigenvalue weighted by Crippen LogP contribution is -2.09. The van der Waals surface area contributed by atoms with E-state index < -0.39 is 0 Å². The van der Waals surface area contributed by atoms with Crippen LogP contribution in [0.15, 0.2) is 36.5 Å². The van der Waals surface area contributed by atoms with Crippen molar-refractivity contribution in [1.82, 2.24) is 0 Å². The molecule has 0 aromatic rings. The summed E-state index contributed by atoms with van der Waals surface area (Å²) in [5, 5.41) is 0. The van der Waals surface area contributed by atoms with E-state index in [4.69, 9.17) is 14.2 Å². The summed E-state index contributed by atoms with van der Waals surface area (Å²) in [6, 6.07) is 0. The van der Waals surface area contributed by atoms with Crippen molar-refractivity contribution < 1.29 is 33.3 Å². The molecule has 0 aromatic carbocycles. The number of rotatable bonds is 11. The monoisotopic (exact) mass is 426 g/mol. The van der Waals surface area contributed by atoms with E-state index in [0.717, 1.165) is 12.8 Å². The van der Waals surface area contributed by atoms with Crippen LogP contribution >= 0.6 is 0 Å². The number of epoxide rings is 1. The lowest BCUT2D eigenvalue weighted by atomic mass is 10.2. The van der Waals surface area contributed by atoms with Crippen LogP contribution < -0.4 is 0 Å². The highest BCUT2D eigenvalue weighted by Crippen LogP contribution is 2.09. The summed E-state index contributed by atoms with van der Waals surface area (Å²) in [6.45, 7) is 19.3. The second-order valence-electron chi connectivity index (χ2n) is 6.76. The SMILES string of the molecule is C=C(C)C(=O)OC.C=C(C)C(=O)OCC1CO1.C=C(CC)C(=O)OCCCCCC. The number of hydrogen-bond acceptors (Lipinski definition) is 7. The number of methoxy groups -OCH3 is 1. The molecule has 1 aliphatic heterocycles. The van der Waals surface area contributed by atoms with Crippen LogP contribution in [0.25, 0.3) is 0 Å². The first-order chi connectivity index (χ1) is 14.1. The molecule has 7 nitrogen and oxygen atoms in total. The van der Waals surface area contributed by atoms with Crippen LogP contribution in [0.4, 0.5) is 0 Å². The molecular weight excluding hydrogens is 388 g/mol. The highest BCUT2D eigenvalue weighted by molar-refractivity contribution is 5.87. The van der Waals surface area contributed by atoms with Crippen LogP contribution in [0.3, 0.4) is 0 Å². The molecule has 0 radical (unpaired) electrons. The Labute approximate surface area is 181 Å². The fraction of sp³-hybridized carbons (Fsp3) is 0.609. The summed E-state index contributed by atoms with van der Waals surface area (Å²) in [7, 11) is 1.33. The average molecular weight is 427 g/mol. The highest BCUT2D eigenvalue weighted by Gasteiger charge is 2.24. The Morgan fingerprint density at radius 1 is 0.900 bits per heavy atom. The molecular formula is C23H38O7. The first-order valence-corrected chi connectivity index (χ1v) is 10.1. The Balaban J connectivity index is 0. The van der Waals surface area contributed by atoms with Gasteiger partial charge in [0.05, 0.1) is 20.3 Å². The maximum absolute atomic E-state index is 11.1. The van der Waals surface area contributed by atoms with E-state index >= 15 is 0 Å². The van der Waals surface area contributed by atoms with Crippen LogP contribution in [0.2, 0.25) is 0 Å². The molecule has 0 aromatic heterocycles. The fourth-order valence-corrected chi connectivity index (χ4v) is 1.57. The summed E-state index contributed by atoms with van der Waals surface area (Å²) in [6.07, 6.45) is 5.34. The van der Waals surface area contributed by atoms with E-state index in [9.17, 15) is 14.4 Å². The van der Waals surface area contributed by atoms with Gasteiger partial charge in [0.2, 0.25) is 0 Å². The van der Waals surface area contributed by atoms with Gasteiger partial charge >= 0.3 is 17.9 Å². The molecule has 172 valence electrons. The first-order valence-electron chi connectivity index (χ1n) is 10.1. The lowest BCUT2D eigenvalue weighted by Gasteiger charge is -2.04. The minimum absolute atomic E-state index is 0.142. The molecule has 1 aliphatic rings. The van der Waals surface area contributed by atoms with Crippen molar-refractivity contribution >= 4 is 17.9 Å². The van der Waals surface area contributed by atoms with Gasteiger partial charge < -0.3 is 18.9 Å². The van der Waals surface area contributed by atoms with Gasteiger partial charge in [0.15, 0.2) is 0 Å². The van der Waals surface area contributed by atoms with Crippen LogP contribution in [-0.4, -0.2) is 50.9 Å². The maximum atomic E-state index is 11.1. The Kier molecular flexibility index (Phi) is 18.5.